The Morgan fingerprint density at radius 3 is 2.29 bits per heavy atom. The van der Waals surface area contributed by atoms with Crippen LogP contribution in [0.5, 0.6) is 0 Å². The van der Waals surface area contributed by atoms with Crippen LogP contribution in [0.15, 0.2) is 18.2 Å². The van der Waals surface area contributed by atoms with Gasteiger partial charge in [-0.1, -0.05) is 39.3 Å². The average Bonchev–Trinajstić information content (AvgIpc) is 2.44. The third kappa shape index (κ3) is 5.85. The van der Waals surface area contributed by atoms with E-state index in [9.17, 15) is 14.4 Å². The van der Waals surface area contributed by atoms with E-state index in [-0.39, 0.29) is 28.3 Å². The smallest absolute Gasteiger partial charge is 0.326 e. The Kier molecular flexibility index (Phi) is 7.22. The van der Waals surface area contributed by atoms with Gasteiger partial charge >= 0.3 is 5.97 Å². The lowest BCUT2D eigenvalue weighted by atomic mass is 10.0. The number of amides is 2. The number of carboxylic acids is 1. The molecule has 1 aromatic rings. The molecule has 6 nitrogen and oxygen atoms in total. The van der Waals surface area contributed by atoms with Crippen LogP contribution in [0.3, 0.4) is 0 Å². The number of anilines is 1. The molecule has 0 unspecified atom stereocenters. The highest BCUT2D eigenvalue weighted by molar-refractivity contribution is 6.34. The summed E-state index contributed by atoms with van der Waals surface area (Å²) in [5.74, 6) is -1.94. The van der Waals surface area contributed by atoms with Gasteiger partial charge in [-0.15, -0.1) is 0 Å². The van der Waals surface area contributed by atoms with Crippen molar-refractivity contribution in [2.75, 3.05) is 5.32 Å². The second kappa shape index (κ2) is 8.68. The van der Waals surface area contributed by atoms with Crippen LogP contribution in [0.1, 0.15) is 44.5 Å². The molecular weight excluding hydrogens is 332 g/mol. The van der Waals surface area contributed by atoms with Crippen LogP contribution in [0, 0.1) is 11.8 Å². The number of halogens is 1. The van der Waals surface area contributed by atoms with Gasteiger partial charge in [0.25, 0.3) is 5.91 Å². The Morgan fingerprint density at radius 1 is 1.17 bits per heavy atom. The van der Waals surface area contributed by atoms with Crippen molar-refractivity contribution in [3.8, 4) is 0 Å². The maximum absolute atomic E-state index is 12.3. The predicted molar refractivity (Wildman–Crippen MR) is 93.3 cm³/mol. The first-order valence-corrected chi connectivity index (χ1v) is 8.12. The van der Waals surface area contributed by atoms with Crippen LogP contribution < -0.4 is 10.6 Å². The van der Waals surface area contributed by atoms with E-state index in [0.717, 1.165) is 0 Å². The van der Waals surface area contributed by atoms with Crippen molar-refractivity contribution >= 4 is 35.1 Å². The predicted octanol–water partition coefficient (Wildman–Crippen LogP) is 3.16. The lowest BCUT2D eigenvalue weighted by Gasteiger charge is -2.18. The summed E-state index contributed by atoms with van der Waals surface area (Å²) in [6.07, 6.45) is 0.360. The maximum Gasteiger partial charge on any atom is 0.326 e. The fraction of sp³-hybridized carbons (Fsp3) is 0.471. The summed E-state index contributed by atoms with van der Waals surface area (Å²) in [5.41, 5.74) is 0.553. The summed E-state index contributed by atoms with van der Waals surface area (Å²) in [6.45, 7) is 7.25. The molecule has 0 aliphatic rings. The zero-order valence-electron chi connectivity index (χ0n) is 14.2. The van der Waals surface area contributed by atoms with E-state index in [1.54, 1.807) is 19.9 Å². The maximum atomic E-state index is 12.3. The van der Waals surface area contributed by atoms with E-state index in [4.69, 9.17) is 16.7 Å². The number of carbonyl (C=O) groups is 3. The van der Waals surface area contributed by atoms with Gasteiger partial charge in [0.15, 0.2) is 0 Å². The van der Waals surface area contributed by atoms with Gasteiger partial charge in [0.1, 0.15) is 6.04 Å². The second-order valence-electron chi connectivity index (χ2n) is 6.37. The molecule has 1 aromatic carbocycles. The molecule has 0 radical (unpaired) electrons. The van der Waals surface area contributed by atoms with Gasteiger partial charge in [-0.2, -0.15) is 0 Å². The van der Waals surface area contributed by atoms with Crippen molar-refractivity contribution in [3.63, 3.8) is 0 Å². The third-order valence-corrected chi connectivity index (χ3v) is 3.64. The first-order valence-electron chi connectivity index (χ1n) is 7.74. The van der Waals surface area contributed by atoms with E-state index in [0.29, 0.717) is 12.1 Å². The highest BCUT2D eigenvalue weighted by Crippen LogP contribution is 2.21. The van der Waals surface area contributed by atoms with Crippen LogP contribution >= 0.6 is 11.6 Å². The molecule has 24 heavy (non-hydrogen) atoms. The van der Waals surface area contributed by atoms with E-state index in [2.05, 4.69) is 10.6 Å². The summed E-state index contributed by atoms with van der Waals surface area (Å²) < 4.78 is 0. The largest absolute Gasteiger partial charge is 0.480 e. The zero-order chi connectivity index (χ0) is 18.4. The Morgan fingerprint density at radius 2 is 1.79 bits per heavy atom. The van der Waals surface area contributed by atoms with Crippen molar-refractivity contribution in [1.82, 2.24) is 5.32 Å². The van der Waals surface area contributed by atoms with Crippen LogP contribution in [-0.4, -0.2) is 28.9 Å². The number of aliphatic carboxylic acids is 1. The number of benzene rings is 1. The van der Waals surface area contributed by atoms with Crippen molar-refractivity contribution < 1.29 is 19.5 Å². The molecule has 0 spiro atoms. The molecule has 1 rings (SSSR count). The molecule has 7 heteroatoms. The number of hydrogen-bond acceptors (Lipinski definition) is 3. The summed E-state index contributed by atoms with van der Waals surface area (Å²) in [5, 5.41) is 14.5. The van der Waals surface area contributed by atoms with Gasteiger partial charge in [-0.3, -0.25) is 9.59 Å². The minimum absolute atomic E-state index is 0.117. The molecule has 3 N–H and O–H groups in total. The second-order valence-corrected chi connectivity index (χ2v) is 6.78. The molecule has 0 fully saturated rings. The minimum atomic E-state index is -1.11. The normalized spacial score (nSPS) is 12.1. The molecule has 0 saturated carbocycles. The van der Waals surface area contributed by atoms with E-state index >= 15 is 0 Å². The van der Waals surface area contributed by atoms with Crippen LogP contribution in [0.25, 0.3) is 0 Å². The molecule has 2 amide bonds. The lowest BCUT2D eigenvalue weighted by Crippen LogP contribution is -2.44. The van der Waals surface area contributed by atoms with Crippen molar-refractivity contribution in [3.05, 3.63) is 28.8 Å². The fourth-order valence-electron chi connectivity index (χ4n) is 2.09. The standard InChI is InChI=1S/C17H23ClN2O4/c1-9(2)7-14(21)19-11-5-6-13(18)12(8-11)16(22)20-15(10(3)4)17(23)24/h5-6,8-10,15H,7H2,1-4H3,(H,19,21)(H,20,22)(H,23,24)/t15-/m0/s1. The van der Waals surface area contributed by atoms with Crippen LogP contribution in [-0.2, 0) is 9.59 Å². The number of hydrogen-bond donors (Lipinski definition) is 3. The monoisotopic (exact) mass is 354 g/mol. The van der Waals surface area contributed by atoms with Gasteiger partial charge in [0, 0.05) is 12.1 Å². The molecule has 132 valence electrons. The summed E-state index contributed by atoms with van der Waals surface area (Å²) in [6, 6.07) is 3.50. The summed E-state index contributed by atoms with van der Waals surface area (Å²) in [7, 11) is 0. The first-order chi connectivity index (χ1) is 11.1. The van der Waals surface area contributed by atoms with Crippen molar-refractivity contribution in [2.45, 2.75) is 40.2 Å². The van der Waals surface area contributed by atoms with E-state index < -0.39 is 17.9 Å². The third-order valence-electron chi connectivity index (χ3n) is 3.31. The Labute approximate surface area is 146 Å². The molecule has 0 aromatic heterocycles. The molecule has 0 heterocycles. The lowest BCUT2D eigenvalue weighted by molar-refractivity contribution is -0.140. The van der Waals surface area contributed by atoms with Gasteiger partial charge in [-0.25, -0.2) is 4.79 Å². The number of rotatable bonds is 7. The molecule has 1 atom stereocenters. The topological polar surface area (TPSA) is 95.5 Å². The Balaban J connectivity index is 2.94. The zero-order valence-corrected chi connectivity index (χ0v) is 15.0. The van der Waals surface area contributed by atoms with E-state index in [1.165, 1.54) is 12.1 Å². The first kappa shape index (κ1) is 20.0. The van der Waals surface area contributed by atoms with Crippen LogP contribution in [0.2, 0.25) is 5.02 Å². The highest BCUT2D eigenvalue weighted by Gasteiger charge is 2.25. The number of carbonyl (C=O) groups excluding carboxylic acids is 2. The minimum Gasteiger partial charge on any atom is -0.480 e. The van der Waals surface area contributed by atoms with Gasteiger partial charge < -0.3 is 15.7 Å². The molecule has 0 saturated heterocycles. The fourth-order valence-corrected chi connectivity index (χ4v) is 2.30. The summed E-state index contributed by atoms with van der Waals surface area (Å²) >= 11 is 6.03. The van der Waals surface area contributed by atoms with Gasteiger partial charge in [0.05, 0.1) is 10.6 Å². The Bertz CT molecular complexity index is 629. The molecular formula is C17H23ClN2O4. The van der Waals surface area contributed by atoms with Crippen molar-refractivity contribution in [2.24, 2.45) is 11.8 Å². The Hall–Kier alpha value is -2.08. The van der Waals surface area contributed by atoms with E-state index in [1.807, 2.05) is 13.8 Å². The SMILES string of the molecule is CC(C)CC(=O)Nc1ccc(Cl)c(C(=O)N[C@H](C(=O)O)C(C)C)c1. The molecule has 0 bridgehead atoms. The average molecular weight is 355 g/mol. The van der Waals surface area contributed by atoms with Gasteiger partial charge in [0.2, 0.25) is 5.91 Å². The molecule has 0 aliphatic heterocycles. The van der Waals surface area contributed by atoms with Gasteiger partial charge in [-0.05, 0) is 30.0 Å². The highest BCUT2D eigenvalue weighted by atomic mass is 35.5. The molecule has 0 aliphatic carbocycles. The quantitative estimate of drug-likeness (QED) is 0.700. The van der Waals surface area contributed by atoms with Crippen molar-refractivity contribution in [1.29, 1.82) is 0 Å². The number of carboxylic acid groups (broad SMARTS) is 1. The number of nitrogens with one attached hydrogen (secondary N) is 2. The van der Waals surface area contributed by atoms with Crippen LogP contribution in [0.4, 0.5) is 5.69 Å². The summed E-state index contributed by atoms with van der Waals surface area (Å²) in [4.78, 5) is 35.4.